The number of benzene rings is 1. The number of aliphatic hydroxyl groups is 2. The average molecular weight is 872 g/mol. The lowest BCUT2D eigenvalue weighted by atomic mass is 9.96. The monoisotopic (exact) mass is 871 g/mol. The number of hydrogen-bond acceptors (Lipinski definition) is 11. The third-order valence-electron chi connectivity index (χ3n) is 10.8. The lowest BCUT2D eigenvalue weighted by molar-refractivity contribution is -0.143. The molecule has 6 amide bonds. The Labute approximate surface area is 360 Å². The van der Waals surface area contributed by atoms with Gasteiger partial charge in [0, 0.05) is 36.6 Å². The molecule has 1 aliphatic heterocycles. The van der Waals surface area contributed by atoms with Crippen molar-refractivity contribution in [3.63, 3.8) is 0 Å². The fraction of sp³-hybridized carbons (Fsp3) is 0.610. The lowest BCUT2D eigenvalue weighted by Crippen LogP contribution is -2.62. The Morgan fingerprint density at radius 2 is 1.53 bits per heavy atom. The van der Waals surface area contributed by atoms with Crippen molar-refractivity contribution in [2.24, 2.45) is 34.0 Å². The van der Waals surface area contributed by atoms with Gasteiger partial charge in [0.25, 0.3) is 0 Å². The number of aliphatic carboxylic acids is 1. The second-order valence-corrected chi connectivity index (χ2v) is 16.2. The van der Waals surface area contributed by atoms with Crippen LogP contribution in [0, 0.1) is 11.8 Å². The molecule has 0 saturated carbocycles. The van der Waals surface area contributed by atoms with Crippen molar-refractivity contribution in [1.82, 2.24) is 36.5 Å². The highest BCUT2D eigenvalue weighted by molar-refractivity contribution is 5.98. The van der Waals surface area contributed by atoms with Gasteiger partial charge in [0.1, 0.15) is 36.3 Å². The second-order valence-electron chi connectivity index (χ2n) is 16.2. The predicted octanol–water partition coefficient (Wildman–Crippen LogP) is -1.94. The van der Waals surface area contributed by atoms with E-state index in [0.717, 1.165) is 16.5 Å². The van der Waals surface area contributed by atoms with Crippen molar-refractivity contribution in [2.45, 2.75) is 128 Å². The number of carboxylic acid groups (broad SMARTS) is 1. The van der Waals surface area contributed by atoms with Gasteiger partial charge in [-0.15, -0.1) is 0 Å². The number of nitrogens with zero attached hydrogens (tertiary/aromatic N) is 2. The van der Waals surface area contributed by atoms with E-state index in [1.165, 1.54) is 11.8 Å². The highest BCUT2D eigenvalue weighted by Gasteiger charge is 2.41. The number of guanidine groups is 1. The smallest absolute Gasteiger partial charge is 0.326 e. The molecule has 62 heavy (non-hydrogen) atoms. The average Bonchev–Trinajstić information content (AvgIpc) is 3.88. The maximum absolute atomic E-state index is 14.3. The number of nitrogens with two attached hydrogens (primary N) is 3. The zero-order valence-electron chi connectivity index (χ0n) is 36.1. The summed E-state index contributed by atoms with van der Waals surface area (Å²) >= 11 is 0. The Kier molecular flexibility index (Phi) is 19.6. The van der Waals surface area contributed by atoms with Crippen molar-refractivity contribution < 1.29 is 48.9 Å². The standard InChI is InChI=1S/C41H65N11O10/c1-6-22(4)32(37(58)48-29(40(61)62)17-21(2)3)50-35(56)30(20-53)49-38(59)33(23(5)54)51-36(57)31-14-10-16-52(31)39(60)28(18-24-19-46-27-13-8-7-11-25(24)27)47-34(55)26(42)12-9-15-45-41(43)44/h7-8,11,13,19,21-23,26,28-33,46,53-54H,6,9-10,12,14-18,20,42H2,1-5H3,(H,47,55)(H,48,58)(H,49,59)(H,50,56)(H,51,57)(H,61,62)(H4,43,44,45)/t22-,23+,26-,28-,29-,30-,31-,32-,33-/m0/s1. The van der Waals surface area contributed by atoms with Crippen LogP contribution in [0.3, 0.4) is 0 Å². The van der Waals surface area contributed by atoms with E-state index < -0.39 is 102 Å². The molecule has 0 bridgehead atoms. The molecule has 3 rings (SSSR count). The normalized spacial score (nSPS) is 17.7. The molecule has 0 aliphatic carbocycles. The van der Waals surface area contributed by atoms with Crippen LogP contribution in [0.1, 0.15) is 78.7 Å². The van der Waals surface area contributed by atoms with Crippen LogP contribution < -0.4 is 43.8 Å². The highest BCUT2D eigenvalue weighted by atomic mass is 16.4. The minimum absolute atomic E-state index is 0.0428. The number of nitrogens with one attached hydrogen (secondary N) is 6. The zero-order chi connectivity index (χ0) is 46.3. The molecule has 0 unspecified atom stereocenters. The van der Waals surface area contributed by atoms with E-state index >= 15 is 0 Å². The van der Waals surface area contributed by atoms with Gasteiger partial charge in [-0.25, -0.2) is 4.79 Å². The highest BCUT2D eigenvalue weighted by Crippen LogP contribution is 2.23. The largest absolute Gasteiger partial charge is 0.480 e. The number of amides is 6. The Bertz CT molecular complexity index is 1900. The Balaban J connectivity index is 1.77. The molecule has 344 valence electrons. The van der Waals surface area contributed by atoms with Gasteiger partial charge < -0.3 is 69.0 Å². The molecule has 2 heterocycles. The minimum Gasteiger partial charge on any atom is -0.480 e. The summed E-state index contributed by atoms with van der Waals surface area (Å²) in [5, 5.41) is 43.8. The first-order chi connectivity index (χ1) is 29.3. The van der Waals surface area contributed by atoms with E-state index in [4.69, 9.17) is 17.2 Å². The number of aliphatic imine (C=N–C) groups is 1. The van der Waals surface area contributed by atoms with Crippen molar-refractivity contribution in [3.05, 3.63) is 36.0 Å². The molecule has 21 heteroatoms. The van der Waals surface area contributed by atoms with Gasteiger partial charge in [-0.1, -0.05) is 52.3 Å². The fourth-order valence-electron chi connectivity index (χ4n) is 7.17. The molecule has 15 N–H and O–H groups in total. The van der Waals surface area contributed by atoms with Crippen molar-refractivity contribution in [2.75, 3.05) is 19.7 Å². The van der Waals surface area contributed by atoms with Gasteiger partial charge in [0.05, 0.1) is 18.8 Å². The summed E-state index contributed by atoms with van der Waals surface area (Å²) < 4.78 is 0. The van der Waals surface area contributed by atoms with Crippen LogP contribution in [-0.2, 0) is 40.0 Å². The topological polar surface area (TPSA) is 350 Å². The SMILES string of the molecule is CC[C@H](C)[C@H](NC(=O)[C@H](CO)NC(=O)[C@@H](NC(=O)[C@@H]1CCCN1C(=O)[C@H](Cc1c[nH]c2ccccc12)NC(=O)[C@@H](N)CCCN=C(N)N)[C@@H](C)O)C(=O)N[C@@H](CC(C)C)C(=O)O. The molecule has 1 saturated heterocycles. The van der Waals surface area contributed by atoms with Crippen LogP contribution >= 0.6 is 0 Å². The molecule has 1 fully saturated rings. The maximum Gasteiger partial charge on any atom is 0.326 e. The summed E-state index contributed by atoms with van der Waals surface area (Å²) in [5.41, 5.74) is 18.5. The molecule has 1 aromatic carbocycles. The third kappa shape index (κ3) is 14.4. The van der Waals surface area contributed by atoms with E-state index in [1.54, 1.807) is 33.9 Å². The molecule has 21 nitrogen and oxygen atoms in total. The van der Waals surface area contributed by atoms with Crippen molar-refractivity contribution >= 4 is 58.3 Å². The van der Waals surface area contributed by atoms with Crippen LogP contribution in [0.25, 0.3) is 10.9 Å². The van der Waals surface area contributed by atoms with E-state index in [-0.39, 0.29) is 50.7 Å². The first-order valence-electron chi connectivity index (χ1n) is 21.0. The van der Waals surface area contributed by atoms with Gasteiger partial charge >= 0.3 is 5.97 Å². The number of hydrogen-bond donors (Lipinski definition) is 12. The number of H-pyrrole nitrogens is 1. The van der Waals surface area contributed by atoms with Crippen LogP contribution in [0.2, 0.25) is 0 Å². The number of aromatic nitrogens is 1. The van der Waals surface area contributed by atoms with Gasteiger partial charge in [-0.05, 0) is 62.5 Å². The van der Waals surface area contributed by atoms with E-state index in [1.807, 2.05) is 24.3 Å². The van der Waals surface area contributed by atoms with Crippen LogP contribution in [0.5, 0.6) is 0 Å². The summed E-state index contributed by atoms with van der Waals surface area (Å²) in [4.78, 5) is 102. The molecule has 2 aromatic rings. The summed E-state index contributed by atoms with van der Waals surface area (Å²) in [6.45, 7) is 7.68. The van der Waals surface area contributed by atoms with Gasteiger partial charge in [-0.3, -0.25) is 33.8 Å². The number of para-hydroxylation sites is 1. The van der Waals surface area contributed by atoms with Crippen LogP contribution in [0.15, 0.2) is 35.5 Å². The van der Waals surface area contributed by atoms with E-state index in [2.05, 4.69) is 36.6 Å². The van der Waals surface area contributed by atoms with Crippen LogP contribution in [-0.4, -0.2) is 141 Å². The summed E-state index contributed by atoms with van der Waals surface area (Å²) in [6, 6.07) is -1.65. The first kappa shape index (κ1) is 50.6. The van der Waals surface area contributed by atoms with E-state index in [9.17, 15) is 48.9 Å². The minimum atomic E-state index is -1.67. The molecule has 1 aliphatic rings. The van der Waals surface area contributed by atoms with Crippen molar-refractivity contribution in [1.29, 1.82) is 0 Å². The summed E-state index contributed by atoms with van der Waals surface area (Å²) in [5.74, 6) is -6.67. The Morgan fingerprint density at radius 3 is 2.15 bits per heavy atom. The molecule has 1 aromatic heterocycles. The summed E-state index contributed by atoms with van der Waals surface area (Å²) in [7, 11) is 0. The number of aromatic amines is 1. The number of likely N-dealkylation sites (tertiary alicyclic amines) is 1. The Morgan fingerprint density at radius 1 is 0.887 bits per heavy atom. The number of fused-ring (bicyclic) bond motifs is 1. The van der Waals surface area contributed by atoms with Gasteiger partial charge in [-0.2, -0.15) is 0 Å². The number of carboxylic acids is 1. The quantitative estimate of drug-likeness (QED) is 0.0311. The molecular weight excluding hydrogens is 807 g/mol. The number of aliphatic hydroxyl groups excluding tert-OH is 2. The van der Waals surface area contributed by atoms with Crippen molar-refractivity contribution in [3.8, 4) is 0 Å². The molecule has 0 spiro atoms. The number of rotatable bonds is 24. The first-order valence-corrected chi connectivity index (χ1v) is 21.0. The fourth-order valence-corrected chi connectivity index (χ4v) is 7.17. The molecule has 9 atom stereocenters. The second kappa shape index (κ2) is 24.0. The number of carbonyl (C=O) groups excluding carboxylic acids is 6. The third-order valence-corrected chi connectivity index (χ3v) is 10.8. The summed E-state index contributed by atoms with van der Waals surface area (Å²) in [6.07, 6.45) is 1.98. The van der Waals surface area contributed by atoms with Gasteiger partial charge in [0.15, 0.2) is 5.96 Å². The number of carbonyl (C=O) groups is 7. The lowest BCUT2D eigenvalue weighted by Gasteiger charge is -2.31. The maximum atomic E-state index is 14.3. The molecular formula is C41H65N11O10. The zero-order valence-corrected chi connectivity index (χ0v) is 36.1. The molecule has 0 radical (unpaired) electrons. The predicted molar refractivity (Wildman–Crippen MR) is 230 cm³/mol. The van der Waals surface area contributed by atoms with Gasteiger partial charge in [0.2, 0.25) is 35.4 Å². The van der Waals surface area contributed by atoms with E-state index in [0.29, 0.717) is 19.3 Å². The van der Waals surface area contributed by atoms with Crippen LogP contribution in [0.4, 0.5) is 0 Å². The Hall–Kier alpha value is -5.80.